The zero-order valence-electron chi connectivity index (χ0n) is 12.0. The second-order valence-electron chi connectivity index (χ2n) is 5.68. The number of carbonyl (C=O) groups excluding carboxylic acids is 1. The number of carboxylic acid groups (broad SMARTS) is 1. The van der Waals surface area contributed by atoms with Crippen molar-refractivity contribution in [1.29, 1.82) is 0 Å². The van der Waals surface area contributed by atoms with E-state index in [1.54, 1.807) is 12.1 Å². The Hall–Kier alpha value is -1.46. The van der Waals surface area contributed by atoms with Crippen molar-refractivity contribution in [3.8, 4) is 0 Å². The summed E-state index contributed by atoms with van der Waals surface area (Å²) in [6.45, 7) is 0. The van der Waals surface area contributed by atoms with E-state index in [1.807, 2.05) is 24.5 Å². The molecule has 3 rings (SSSR count). The fourth-order valence-corrected chi connectivity index (χ4v) is 4.36. The smallest absolute Gasteiger partial charge is 0.307 e. The molecule has 2 N–H and O–H groups in total. The largest absolute Gasteiger partial charge is 0.481 e. The van der Waals surface area contributed by atoms with Crippen LogP contribution < -0.4 is 5.32 Å². The molecule has 2 bridgehead atoms. The lowest BCUT2D eigenvalue weighted by Gasteiger charge is -2.24. The summed E-state index contributed by atoms with van der Waals surface area (Å²) in [7, 11) is 0. The third kappa shape index (κ3) is 2.63. The number of hydrogen-bond donors (Lipinski definition) is 2. The molecule has 1 aromatic carbocycles. The summed E-state index contributed by atoms with van der Waals surface area (Å²) in [6, 6.07) is 5.33. The van der Waals surface area contributed by atoms with Crippen molar-refractivity contribution in [1.82, 2.24) is 0 Å². The first kappa shape index (κ1) is 15.4. The molecule has 1 fully saturated rings. The van der Waals surface area contributed by atoms with E-state index in [9.17, 15) is 14.7 Å². The number of rotatable bonds is 4. The molecule has 2 aliphatic carbocycles. The van der Waals surface area contributed by atoms with E-state index in [1.165, 1.54) is 11.8 Å². The summed E-state index contributed by atoms with van der Waals surface area (Å²) >= 11 is 7.67. The van der Waals surface area contributed by atoms with Crippen LogP contribution in [0.2, 0.25) is 5.02 Å². The van der Waals surface area contributed by atoms with Gasteiger partial charge in [-0.2, -0.15) is 0 Å². The zero-order valence-corrected chi connectivity index (χ0v) is 13.5. The maximum absolute atomic E-state index is 12.5. The molecular formula is C16H16ClNO3S. The molecule has 4 nitrogen and oxygen atoms in total. The maximum atomic E-state index is 12.5. The minimum Gasteiger partial charge on any atom is -0.481 e. The Kier molecular flexibility index (Phi) is 4.19. The molecule has 2 aliphatic rings. The number of hydrogen-bond acceptors (Lipinski definition) is 3. The number of carbonyl (C=O) groups is 2. The topological polar surface area (TPSA) is 66.4 Å². The van der Waals surface area contributed by atoms with E-state index >= 15 is 0 Å². The van der Waals surface area contributed by atoms with Gasteiger partial charge in [-0.15, -0.1) is 11.8 Å². The van der Waals surface area contributed by atoms with E-state index < -0.39 is 17.8 Å². The highest BCUT2D eigenvalue weighted by molar-refractivity contribution is 7.98. The van der Waals surface area contributed by atoms with Crippen LogP contribution in [0, 0.1) is 23.7 Å². The summed E-state index contributed by atoms with van der Waals surface area (Å²) in [5.41, 5.74) is 0.601. The molecule has 4 unspecified atom stereocenters. The summed E-state index contributed by atoms with van der Waals surface area (Å²) < 4.78 is 0. The van der Waals surface area contributed by atoms with Gasteiger partial charge in [-0.1, -0.05) is 23.8 Å². The average molecular weight is 338 g/mol. The van der Waals surface area contributed by atoms with Crippen molar-refractivity contribution in [2.45, 2.75) is 11.3 Å². The van der Waals surface area contributed by atoms with Crippen LogP contribution in [0.25, 0.3) is 0 Å². The molecule has 0 spiro atoms. The maximum Gasteiger partial charge on any atom is 0.307 e. The Labute approximate surface area is 137 Å². The Morgan fingerprint density at radius 2 is 1.95 bits per heavy atom. The first-order chi connectivity index (χ1) is 10.5. The zero-order chi connectivity index (χ0) is 15.9. The number of amides is 1. The highest BCUT2D eigenvalue weighted by Gasteiger charge is 2.51. The minimum atomic E-state index is -0.896. The van der Waals surface area contributed by atoms with Gasteiger partial charge < -0.3 is 10.4 Å². The Morgan fingerprint density at radius 3 is 2.55 bits per heavy atom. The predicted octanol–water partition coefficient (Wildman–Crippen LogP) is 3.52. The average Bonchev–Trinajstić information content (AvgIpc) is 3.07. The van der Waals surface area contributed by atoms with Gasteiger partial charge >= 0.3 is 5.97 Å². The molecule has 1 saturated carbocycles. The number of fused-ring (bicyclic) bond motifs is 2. The number of benzene rings is 1. The predicted molar refractivity (Wildman–Crippen MR) is 87.2 cm³/mol. The fourth-order valence-electron chi connectivity index (χ4n) is 3.49. The van der Waals surface area contributed by atoms with E-state index in [0.29, 0.717) is 10.7 Å². The molecule has 22 heavy (non-hydrogen) atoms. The van der Waals surface area contributed by atoms with Gasteiger partial charge in [0.15, 0.2) is 0 Å². The van der Waals surface area contributed by atoms with Crippen LogP contribution in [0.3, 0.4) is 0 Å². The quantitative estimate of drug-likeness (QED) is 0.651. The SMILES string of the molecule is CSc1ccc(NC(=O)C2C3C=CC(C3)C2C(=O)O)cc1Cl. The van der Waals surface area contributed by atoms with Crippen LogP contribution in [-0.4, -0.2) is 23.2 Å². The van der Waals surface area contributed by atoms with Crippen LogP contribution in [0.15, 0.2) is 35.2 Å². The molecule has 1 amide bonds. The molecule has 6 heteroatoms. The van der Waals surface area contributed by atoms with E-state index in [-0.39, 0.29) is 17.7 Å². The number of aliphatic carboxylic acids is 1. The number of allylic oxidation sites excluding steroid dienone is 2. The van der Waals surface area contributed by atoms with Crippen molar-refractivity contribution in [2.75, 3.05) is 11.6 Å². The third-order valence-corrected chi connectivity index (χ3v) is 5.69. The van der Waals surface area contributed by atoms with Crippen molar-refractivity contribution >= 4 is 40.9 Å². The summed E-state index contributed by atoms with van der Waals surface area (Å²) in [4.78, 5) is 24.9. The van der Waals surface area contributed by atoms with Crippen molar-refractivity contribution < 1.29 is 14.7 Å². The normalized spacial score (nSPS) is 28.8. The molecular weight excluding hydrogens is 322 g/mol. The Balaban J connectivity index is 1.78. The minimum absolute atomic E-state index is 0.0204. The Bertz CT molecular complexity index is 661. The lowest BCUT2D eigenvalue weighted by molar-refractivity contribution is -0.146. The number of thioether (sulfide) groups is 1. The molecule has 4 atom stereocenters. The van der Waals surface area contributed by atoms with Crippen LogP contribution in [0.4, 0.5) is 5.69 Å². The van der Waals surface area contributed by atoms with Gasteiger partial charge in [-0.05, 0) is 42.7 Å². The van der Waals surface area contributed by atoms with Gasteiger partial charge in [-0.3, -0.25) is 9.59 Å². The number of nitrogens with one attached hydrogen (secondary N) is 1. The van der Waals surface area contributed by atoms with Gasteiger partial charge in [0.05, 0.1) is 16.9 Å². The second-order valence-corrected chi connectivity index (χ2v) is 6.93. The summed E-state index contributed by atoms with van der Waals surface area (Å²) in [5, 5.41) is 12.8. The van der Waals surface area contributed by atoms with Crippen molar-refractivity contribution in [2.24, 2.45) is 23.7 Å². The fraction of sp³-hybridized carbons (Fsp3) is 0.375. The molecule has 0 radical (unpaired) electrons. The molecule has 116 valence electrons. The lowest BCUT2D eigenvalue weighted by atomic mass is 9.82. The number of halogens is 1. The molecule has 0 aliphatic heterocycles. The van der Waals surface area contributed by atoms with Gasteiger partial charge in [0.25, 0.3) is 0 Å². The van der Waals surface area contributed by atoms with Crippen LogP contribution in [0.5, 0.6) is 0 Å². The summed E-state index contributed by atoms with van der Waals surface area (Å²) in [6.07, 6.45) is 6.58. The van der Waals surface area contributed by atoms with Gasteiger partial charge in [0.1, 0.15) is 0 Å². The van der Waals surface area contributed by atoms with Crippen LogP contribution in [-0.2, 0) is 9.59 Å². The van der Waals surface area contributed by atoms with Crippen LogP contribution >= 0.6 is 23.4 Å². The number of anilines is 1. The highest BCUT2D eigenvalue weighted by Crippen LogP contribution is 2.48. The van der Waals surface area contributed by atoms with E-state index in [0.717, 1.165) is 11.3 Å². The Morgan fingerprint density at radius 1 is 1.27 bits per heavy atom. The molecule has 1 aromatic rings. The second kappa shape index (κ2) is 5.97. The summed E-state index contributed by atoms with van der Waals surface area (Å²) in [5.74, 6) is -2.28. The number of carboxylic acids is 1. The van der Waals surface area contributed by atoms with Gasteiger partial charge in [0, 0.05) is 10.6 Å². The van der Waals surface area contributed by atoms with Gasteiger partial charge in [0.2, 0.25) is 5.91 Å². The van der Waals surface area contributed by atoms with E-state index in [2.05, 4.69) is 5.32 Å². The molecule has 0 aromatic heterocycles. The standard InChI is InChI=1S/C16H16ClNO3S/c1-22-12-5-4-10(7-11(12)17)18-15(19)13-8-2-3-9(6-8)14(13)16(20)21/h2-5,7-9,13-14H,6H2,1H3,(H,18,19)(H,20,21). The first-order valence-corrected chi connectivity index (χ1v) is 8.67. The van der Waals surface area contributed by atoms with Gasteiger partial charge in [-0.25, -0.2) is 0 Å². The third-order valence-electron chi connectivity index (χ3n) is 4.47. The van der Waals surface area contributed by atoms with E-state index in [4.69, 9.17) is 11.6 Å². The highest BCUT2D eigenvalue weighted by atomic mass is 35.5. The molecule has 0 heterocycles. The van der Waals surface area contributed by atoms with Crippen LogP contribution in [0.1, 0.15) is 6.42 Å². The van der Waals surface area contributed by atoms with Crippen molar-refractivity contribution in [3.05, 3.63) is 35.4 Å². The monoisotopic (exact) mass is 337 g/mol. The van der Waals surface area contributed by atoms with Crippen molar-refractivity contribution in [3.63, 3.8) is 0 Å². The lowest BCUT2D eigenvalue weighted by Crippen LogP contribution is -2.36. The first-order valence-electron chi connectivity index (χ1n) is 7.07. The molecule has 0 saturated heterocycles.